The number of rotatable bonds is 4. The Hall–Kier alpha value is -3.08. The van der Waals surface area contributed by atoms with Crippen molar-refractivity contribution in [3.05, 3.63) is 64.3 Å². The molecule has 0 aromatic heterocycles. The van der Waals surface area contributed by atoms with Crippen molar-refractivity contribution in [1.82, 2.24) is 4.90 Å². The van der Waals surface area contributed by atoms with Gasteiger partial charge in [-0.25, -0.2) is 4.90 Å². The zero-order chi connectivity index (χ0) is 21.4. The fraction of sp³-hybridized carbons (Fsp3) is 0.360. The van der Waals surface area contributed by atoms with Crippen LogP contribution in [0.3, 0.4) is 0 Å². The first-order chi connectivity index (χ1) is 14.4. The predicted octanol–water partition coefficient (Wildman–Crippen LogP) is 4.39. The SMILES string of the molecule is COc1ccc(C)cc1N1C(=O)C(c2ccc(C)cc2C)=C(N2CCCCC2)C1=O. The lowest BCUT2D eigenvalue weighted by Gasteiger charge is -2.30. The van der Waals surface area contributed by atoms with E-state index in [0.29, 0.717) is 22.7 Å². The van der Waals surface area contributed by atoms with Gasteiger partial charge < -0.3 is 9.64 Å². The summed E-state index contributed by atoms with van der Waals surface area (Å²) in [5, 5.41) is 0. The molecule has 0 bridgehead atoms. The van der Waals surface area contributed by atoms with Gasteiger partial charge in [-0.05, 0) is 68.9 Å². The van der Waals surface area contributed by atoms with Gasteiger partial charge in [0.2, 0.25) is 0 Å². The lowest BCUT2D eigenvalue weighted by Crippen LogP contribution is -2.37. The molecule has 2 aromatic carbocycles. The topological polar surface area (TPSA) is 49.9 Å². The normalized spacial score (nSPS) is 17.2. The second-order valence-electron chi connectivity index (χ2n) is 8.21. The van der Waals surface area contributed by atoms with Crippen LogP contribution in [0.1, 0.15) is 41.5 Å². The van der Waals surface area contributed by atoms with Crippen molar-refractivity contribution in [2.24, 2.45) is 0 Å². The summed E-state index contributed by atoms with van der Waals surface area (Å²) in [5.41, 5.74) is 5.45. The van der Waals surface area contributed by atoms with E-state index in [9.17, 15) is 9.59 Å². The molecule has 0 unspecified atom stereocenters. The summed E-state index contributed by atoms with van der Waals surface area (Å²) in [6.45, 7) is 7.56. The summed E-state index contributed by atoms with van der Waals surface area (Å²) in [4.78, 5) is 30.9. The third kappa shape index (κ3) is 3.38. The Morgan fingerprint density at radius 1 is 0.833 bits per heavy atom. The molecule has 5 heteroatoms. The summed E-state index contributed by atoms with van der Waals surface area (Å²) in [6, 6.07) is 11.6. The Morgan fingerprint density at radius 3 is 2.17 bits per heavy atom. The van der Waals surface area contributed by atoms with Gasteiger partial charge in [-0.15, -0.1) is 0 Å². The van der Waals surface area contributed by atoms with E-state index in [-0.39, 0.29) is 11.8 Å². The molecule has 1 fully saturated rings. The summed E-state index contributed by atoms with van der Waals surface area (Å²) in [7, 11) is 1.56. The van der Waals surface area contributed by atoms with Crippen molar-refractivity contribution >= 4 is 23.1 Å². The molecule has 2 amide bonds. The molecule has 0 spiro atoms. The zero-order valence-corrected chi connectivity index (χ0v) is 18.1. The molecule has 0 aliphatic carbocycles. The maximum absolute atomic E-state index is 13.8. The van der Waals surface area contributed by atoms with Crippen molar-refractivity contribution in [2.75, 3.05) is 25.1 Å². The molecule has 0 radical (unpaired) electrons. The van der Waals surface area contributed by atoms with Crippen LogP contribution in [0.4, 0.5) is 5.69 Å². The van der Waals surface area contributed by atoms with Crippen molar-refractivity contribution < 1.29 is 14.3 Å². The predicted molar refractivity (Wildman–Crippen MR) is 118 cm³/mol. The van der Waals surface area contributed by atoms with E-state index >= 15 is 0 Å². The molecule has 0 atom stereocenters. The van der Waals surface area contributed by atoms with E-state index in [2.05, 4.69) is 11.0 Å². The largest absolute Gasteiger partial charge is 0.495 e. The van der Waals surface area contributed by atoms with Crippen molar-refractivity contribution in [3.8, 4) is 5.75 Å². The molecule has 2 heterocycles. The van der Waals surface area contributed by atoms with Crippen LogP contribution in [-0.4, -0.2) is 36.9 Å². The molecule has 0 N–H and O–H groups in total. The standard InChI is InChI=1S/C25H28N2O3/c1-16-8-10-19(18(3)14-16)22-23(26-12-6-5-7-13-26)25(29)27(24(22)28)20-15-17(2)9-11-21(20)30-4/h8-11,14-15H,5-7,12-13H2,1-4H3. The number of aryl methyl sites for hydroxylation is 3. The highest BCUT2D eigenvalue weighted by molar-refractivity contribution is 6.45. The second-order valence-corrected chi connectivity index (χ2v) is 8.21. The average Bonchev–Trinajstić information content (AvgIpc) is 2.98. The van der Waals surface area contributed by atoms with Gasteiger partial charge in [0.15, 0.2) is 0 Å². The van der Waals surface area contributed by atoms with Crippen LogP contribution in [0.5, 0.6) is 5.75 Å². The van der Waals surface area contributed by atoms with E-state index in [1.807, 2.05) is 45.0 Å². The quantitative estimate of drug-likeness (QED) is 0.709. The Labute approximate surface area is 177 Å². The van der Waals surface area contributed by atoms with Crippen molar-refractivity contribution in [2.45, 2.75) is 40.0 Å². The lowest BCUT2D eigenvalue weighted by molar-refractivity contribution is -0.120. The number of likely N-dealkylation sites (tertiary alicyclic amines) is 1. The molecule has 2 aliphatic rings. The van der Waals surface area contributed by atoms with E-state index in [0.717, 1.165) is 54.6 Å². The van der Waals surface area contributed by atoms with Gasteiger partial charge >= 0.3 is 0 Å². The molecular weight excluding hydrogens is 376 g/mol. The van der Waals surface area contributed by atoms with Gasteiger partial charge in [-0.2, -0.15) is 0 Å². The summed E-state index contributed by atoms with van der Waals surface area (Å²) < 4.78 is 5.49. The number of anilines is 1. The maximum atomic E-state index is 13.8. The summed E-state index contributed by atoms with van der Waals surface area (Å²) in [5.74, 6) is -0.0284. The van der Waals surface area contributed by atoms with Gasteiger partial charge in [0.1, 0.15) is 11.4 Å². The van der Waals surface area contributed by atoms with Crippen LogP contribution < -0.4 is 9.64 Å². The minimum Gasteiger partial charge on any atom is -0.495 e. The monoisotopic (exact) mass is 404 g/mol. The number of nitrogens with zero attached hydrogens (tertiary/aromatic N) is 2. The van der Waals surface area contributed by atoms with Crippen LogP contribution in [-0.2, 0) is 9.59 Å². The molecular formula is C25H28N2O3. The highest BCUT2D eigenvalue weighted by Gasteiger charge is 2.44. The lowest BCUT2D eigenvalue weighted by atomic mass is 9.96. The second kappa shape index (κ2) is 7.98. The number of carbonyl (C=O) groups excluding carboxylic acids is 2. The number of carbonyl (C=O) groups is 2. The number of imide groups is 1. The van der Waals surface area contributed by atoms with E-state index in [1.54, 1.807) is 13.2 Å². The number of methoxy groups -OCH3 is 1. The van der Waals surface area contributed by atoms with Crippen LogP contribution in [0.15, 0.2) is 42.1 Å². The Balaban J connectivity index is 1.89. The molecule has 156 valence electrons. The molecule has 5 nitrogen and oxygen atoms in total. The Kier molecular flexibility index (Phi) is 5.37. The highest BCUT2D eigenvalue weighted by Crippen LogP contribution is 2.40. The van der Waals surface area contributed by atoms with E-state index in [4.69, 9.17) is 4.74 Å². The number of ether oxygens (including phenoxy) is 1. The number of hydrogen-bond acceptors (Lipinski definition) is 4. The molecule has 2 aliphatic heterocycles. The highest BCUT2D eigenvalue weighted by atomic mass is 16.5. The van der Waals surface area contributed by atoms with E-state index in [1.165, 1.54) is 4.90 Å². The van der Waals surface area contributed by atoms with Crippen LogP contribution in [0.25, 0.3) is 5.57 Å². The molecule has 0 saturated carbocycles. The van der Waals surface area contributed by atoms with Crippen LogP contribution in [0.2, 0.25) is 0 Å². The number of piperidine rings is 1. The van der Waals surface area contributed by atoms with Gasteiger partial charge in [0.25, 0.3) is 11.8 Å². The Morgan fingerprint density at radius 2 is 1.50 bits per heavy atom. The minimum atomic E-state index is -0.281. The summed E-state index contributed by atoms with van der Waals surface area (Å²) in [6.07, 6.45) is 3.21. The van der Waals surface area contributed by atoms with Crippen LogP contribution in [0, 0.1) is 20.8 Å². The first-order valence-corrected chi connectivity index (χ1v) is 10.5. The zero-order valence-electron chi connectivity index (χ0n) is 18.1. The average molecular weight is 405 g/mol. The molecule has 4 rings (SSSR count). The number of hydrogen-bond donors (Lipinski definition) is 0. The first kappa shape index (κ1) is 20.2. The van der Waals surface area contributed by atoms with E-state index < -0.39 is 0 Å². The van der Waals surface area contributed by atoms with Crippen molar-refractivity contribution in [1.29, 1.82) is 0 Å². The fourth-order valence-corrected chi connectivity index (χ4v) is 4.46. The third-order valence-corrected chi connectivity index (χ3v) is 5.96. The van der Waals surface area contributed by atoms with Gasteiger partial charge in [-0.1, -0.05) is 29.8 Å². The maximum Gasteiger partial charge on any atom is 0.282 e. The van der Waals surface area contributed by atoms with Crippen LogP contribution >= 0.6 is 0 Å². The smallest absolute Gasteiger partial charge is 0.282 e. The summed E-state index contributed by atoms with van der Waals surface area (Å²) >= 11 is 0. The van der Waals surface area contributed by atoms with Crippen molar-refractivity contribution in [3.63, 3.8) is 0 Å². The molecule has 2 aromatic rings. The van der Waals surface area contributed by atoms with Gasteiger partial charge in [0, 0.05) is 13.1 Å². The fourth-order valence-electron chi connectivity index (χ4n) is 4.46. The van der Waals surface area contributed by atoms with Gasteiger partial charge in [-0.3, -0.25) is 9.59 Å². The Bertz CT molecular complexity index is 1050. The molecule has 30 heavy (non-hydrogen) atoms. The minimum absolute atomic E-state index is 0.263. The number of amides is 2. The molecule has 1 saturated heterocycles. The first-order valence-electron chi connectivity index (χ1n) is 10.5. The number of benzene rings is 2. The van der Waals surface area contributed by atoms with Gasteiger partial charge in [0.05, 0.1) is 18.4 Å². The third-order valence-electron chi connectivity index (χ3n) is 5.96.